The molecule has 4 nitrogen and oxygen atoms in total. The Morgan fingerprint density at radius 2 is 1.96 bits per heavy atom. The number of hydrogen-bond donors (Lipinski definition) is 0. The van der Waals surface area contributed by atoms with Crippen LogP contribution in [0.1, 0.15) is 29.8 Å². The molecule has 2 heterocycles. The molecule has 0 radical (unpaired) electrons. The van der Waals surface area contributed by atoms with Crippen LogP contribution in [-0.4, -0.2) is 20.3 Å². The number of aromatic nitrogens is 2. The monoisotopic (exact) mass is 337 g/mol. The second kappa shape index (κ2) is 6.41. The van der Waals surface area contributed by atoms with Crippen molar-refractivity contribution in [3.05, 3.63) is 81.7 Å². The molecule has 5 heteroatoms. The van der Waals surface area contributed by atoms with Gasteiger partial charge in [0.2, 0.25) is 0 Å². The lowest BCUT2D eigenvalue weighted by Gasteiger charge is -2.22. The summed E-state index contributed by atoms with van der Waals surface area (Å²) in [7, 11) is 0. The highest BCUT2D eigenvalue weighted by Gasteiger charge is 2.30. The number of hydrogen-bond acceptors (Lipinski definition) is 3. The highest BCUT2D eigenvalue weighted by molar-refractivity contribution is 5.40. The first-order valence-electron chi connectivity index (χ1n) is 8.57. The first-order valence-corrected chi connectivity index (χ1v) is 8.57. The van der Waals surface area contributed by atoms with Crippen molar-refractivity contribution < 1.29 is 4.39 Å². The number of aryl methyl sites for hydroxylation is 1. The van der Waals surface area contributed by atoms with E-state index in [0.29, 0.717) is 30.3 Å². The first-order chi connectivity index (χ1) is 12.1. The maximum Gasteiger partial charge on any atom is 0.258 e. The van der Waals surface area contributed by atoms with Gasteiger partial charge < -0.3 is 0 Å². The van der Waals surface area contributed by atoms with Gasteiger partial charge in [0, 0.05) is 36.5 Å². The number of rotatable bonds is 5. The number of benzene rings is 1. The minimum absolute atomic E-state index is 0.0697. The molecule has 1 fully saturated rings. The molecular weight excluding hydrogens is 317 g/mol. The number of pyridine rings is 1. The quantitative estimate of drug-likeness (QED) is 0.717. The summed E-state index contributed by atoms with van der Waals surface area (Å²) in [5, 5.41) is 0. The molecule has 1 aliphatic carbocycles. The lowest BCUT2D eigenvalue weighted by atomic mass is 10.2. The van der Waals surface area contributed by atoms with Gasteiger partial charge in [0.1, 0.15) is 11.5 Å². The third-order valence-electron chi connectivity index (χ3n) is 4.69. The van der Waals surface area contributed by atoms with E-state index >= 15 is 0 Å². The van der Waals surface area contributed by atoms with E-state index in [4.69, 9.17) is 0 Å². The van der Waals surface area contributed by atoms with Crippen molar-refractivity contribution >= 4 is 5.65 Å². The third-order valence-corrected chi connectivity index (χ3v) is 4.69. The van der Waals surface area contributed by atoms with Gasteiger partial charge in [-0.3, -0.25) is 14.1 Å². The van der Waals surface area contributed by atoms with Crippen LogP contribution >= 0.6 is 0 Å². The van der Waals surface area contributed by atoms with E-state index in [1.54, 1.807) is 16.5 Å². The van der Waals surface area contributed by atoms with E-state index in [1.807, 2.05) is 37.3 Å². The lowest BCUT2D eigenvalue weighted by molar-refractivity contribution is 0.239. The van der Waals surface area contributed by atoms with Crippen LogP contribution in [0, 0.1) is 12.7 Å². The van der Waals surface area contributed by atoms with Crippen LogP contribution in [0.25, 0.3) is 5.65 Å². The van der Waals surface area contributed by atoms with Gasteiger partial charge in [-0.15, -0.1) is 0 Å². The predicted octanol–water partition coefficient (Wildman–Crippen LogP) is 3.31. The van der Waals surface area contributed by atoms with Gasteiger partial charge in [0.15, 0.2) is 0 Å². The van der Waals surface area contributed by atoms with Crippen LogP contribution < -0.4 is 5.56 Å². The molecule has 1 aromatic carbocycles. The van der Waals surface area contributed by atoms with E-state index in [1.165, 1.54) is 6.07 Å². The van der Waals surface area contributed by atoms with Gasteiger partial charge in [-0.1, -0.05) is 24.3 Å². The molecule has 1 aliphatic rings. The molecule has 0 aliphatic heterocycles. The summed E-state index contributed by atoms with van der Waals surface area (Å²) in [6, 6.07) is 14.5. The summed E-state index contributed by atoms with van der Waals surface area (Å²) in [5.41, 5.74) is 2.87. The van der Waals surface area contributed by atoms with E-state index in [0.717, 1.165) is 24.2 Å². The van der Waals surface area contributed by atoms with Crippen LogP contribution in [0.4, 0.5) is 4.39 Å². The fraction of sp³-hybridized carbons (Fsp3) is 0.300. The molecule has 0 N–H and O–H groups in total. The van der Waals surface area contributed by atoms with Crippen molar-refractivity contribution in [3.63, 3.8) is 0 Å². The Morgan fingerprint density at radius 3 is 2.72 bits per heavy atom. The van der Waals surface area contributed by atoms with E-state index < -0.39 is 0 Å². The average molecular weight is 337 g/mol. The van der Waals surface area contributed by atoms with Crippen molar-refractivity contribution in [2.45, 2.75) is 38.9 Å². The van der Waals surface area contributed by atoms with Crippen LogP contribution in [0.15, 0.2) is 53.3 Å². The average Bonchev–Trinajstić information content (AvgIpc) is 3.41. The number of fused-ring (bicyclic) bond motifs is 1. The Balaban J connectivity index is 1.64. The molecule has 2 aromatic heterocycles. The zero-order valence-electron chi connectivity index (χ0n) is 14.2. The maximum atomic E-state index is 14.0. The summed E-state index contributed by atoms with van der Waals surface area (Å²) < 4.78 is 15.6. The molecule has 0 amide bonds. The molecule has 0 bridgehead atoms. The molecule has 0 saturated heterocycles. The minimum atomic E-state index is -0.185. The summed E-state index contributed by atoms with van der Waals surface area (Å²) in [6.07, 6.45) is 2.22. The van der Waals surface area contributed by atoms with E-state index in [2.05, 4.69) is 9.88 Å². The van der Waals surface area contributed by atoms with Gasteiger partial charge in [-0.25, -0.2) is 9.37 Å². The molecule has 4 rings (SSSR count). The zero-order chi connectivity index (χ0) is 17.4. The van der Waals surface area contributed by atoms with Crippen LogP contribution in [0.5, 0.6) is 0 Å². The standard InChI is InChI=1S/C20H20FN3O/c1-14-5-4-8-19-22-16(11-20(25)24(14)19)13-23(17-9-10-17)12-15-6-2-3-7-18(15)21/h2-8,11,17H,9-10,12-13H2,1H3. The van der Waals surface area contributed by atoms with Crippen molar-refractivity contribution in [3.8, 4) is 0 Å². The smallest absolute Gasteiger partial charge is 0.258 e. The maximum absolute atomic E-state index is 14.0. The largest absolute Gasteiger partial charge is 0.290 e. The third kappa shape index (κ3) is 3.33. The van der Waals surface area contributed by atoms with Crippen molar-refractivity contribution in [1.29, 1.82) is 0 Å². The Bertz CT molecular complexity index is 978. The topological polar surface area (TPSA) is 37.6 Å². The molecule has 0 unspecified atom stereocenters. The van der Waals surface area contributed by atoms with Gasteiger partial charge in [0.25, 0.3) is 5.56 Å². The SMILES string of the molecule is Cc1cccc2nc(CN(Cc3ccccc3F)C3CC3)cc(=O)n12. The molecular formula is C20H20FN3O. The highest BCUT2D eigenvalue weighted by atomic mass is 19.1. The molecule has 128 valence electrons. The van der Waals surface area contributed by atoms with Gasteiger partial charge >= 0.3 is 0 Å². The Hall–Kier alpha value is -2.53. The predicted molar refractivity (Wildman–Crippen MR) is 94.9 cm³/mol. The number of halogens is 1. The van der Waals surface area contributed by atoms with Gasteiger partial charge in [-0.2, -0.15) is 0 Å². The second-order valence-corrected chi connectivity index (χ2v) is 6.67. The molecule has 0 spiro atoms. The summed E-state index contributed by atoms with van der Waals surface area (Å²) in [6.45, 7) is 2.98. The zero-order valence-corrected chi connectivity index (χ0v) is 14.2. The number of nitrogens with zero attached hydrogens (tertiary/aromatic N) is 3. The fourth-order valence-electron chi connectivity index (χ4n) is 3.25. The van der Waals surface area contributed by atoms with Crippen LogP contribution in [-0.2, 0) is 13.1 Å². The molecule has 1 saturated carbocycles. The second-order valence-electron chi connectivity index (χ2n) is 6.67. The fourth-order valence-corrected chi connectivity index (χ4v) is 3.25. The highest BCUT2D eigenvalue weighted by Crippen LogP contribution is 2.30. The Morgan fingerprint density at radius 1 is 1.16 bits per heavy atom. The van der Waals surface area contributed by atoms with E-state index in [9.17, 15) is 9.18 Å². The first kappa shape index (κ1) is 16.0. The van der Waals surface area contributed by atoms with Crippen LogP contribution in [0.2, 0.25) is 0 Å². The molecule has 0 atom stereocenters. The van der Waals surface area contributed by atoms with Crippen molar-refractivity contribution in [1.82, 2.24) is 14.3 Å². The lowest BCUT2D eigenvalue weighted by Crippen LogP contribution is -2.27. The summed E-state index contributed by atoms with van der Waals surface area (Å²) in [5.74, 6) is -0.185. The van der Waals surface area contributed by atoms with Crippen LogP contribution in [0.3, 0.4) is 0 Å². The normalized spacial score (nSPS) is 14.4. The molecule has 25 heavy (non-hydrogen) atoms. The Labute approximate surface area is 145 Å². The van der Waals surface area contributed by atoms with Gasteiger partial charge in [0.05, 0.1) is 5.69 Å². The van der Waals surface area contributed by atoms with Gasteiger partial charge in [-0.05, 0) is 38.0 Å². The molecule has 3 aromatic rings. The van der Waals surface area contributed by atoms with Crippen molar-refractivity contribution in [2.75, 3.05) is 0 Å². The minimum Gasteiger partial charge on any atom is -0.290 e. The van der Waals surface area contributed by atoms with E-state index in [-0.39, 0.29) is 11.4 Å². The summed E-state index contributed by atoms with van der Waals surface area (Å²) in [4.78, 5) is 19.3. The Kier molecular flexibility index (Phi) is 4.09. The summed E-state index contributed by atoms with van der Waals surface area (Å²) >= 11 is 0. The van der Waals surface area contributed by atoms with Crippen molar-refractivity contribution in [2.24, 2.45) is 0 Å².